The summed E-state index contributed by atoms with van der Waals surface area (Å²) in [6.45, 7) is 8.63. The van der Waals surface area contributed by atoms with E-state index >= 15 is 0 Å². The van der Waals surface area contributed by atoms with Gasteiger partial charge in [0.2, 0.25) is 0 Å². The lowest BCUT2D eigenvalue weighted by atomic mass is 9.95. The molecule has 1 aromatic carbocycles. The number of hydrogen-bond donors (Lipinski definition) is 0. The number of anilines is 1. The van der Waals surface area contributed by atoms with Crippen LogP contribution in [0, 0.1) is 29.3 Å². The lowest BCUT2D eigenvalue weighted by molar-refractivity contribution is -0.142. The Kier molecular flexibility index (Phi) is 10.3. The van der Waals surface area contributed by atoms with Crippen molar-refractivity contribution in [3.05, 3.63) is 29.1 Å². The summed E-state index contributed by atoms with van der Waals surface area (Å²) in [5.74, 6) is -5.16. The highest BCUT2D eigenvalue weighted by Gasteiger charge is 2.41. The molecule has 0 spiro atoms. The maximum absolute atomic E-state index is 14.7. The van der Waals surface area contributed by atoms with E-state index in [2.05, 4.69) is 6.92 Å². The maximum Gasteiger partial charge on any atom is 0.422 e. The molecular formula is C22H33F6N. The second kappa shape index (κ2) is 11.7. The van der Waals surface area contributed by atoms with Gasteiger partial charge in [0.1, 0.15) is 5.56 Å². The number of alkyl halides is 3. The Bertz CT molecular complexity index is 629. The van der Waals surface area contributed by atoms with Gasteiger partial charge in [0.05, 0.1) is 5.69 Å². The highest BCUT2D eigenvalue weighted by Crippen LogP contribution is 2.39. The van der Waals surface area contributed by atoms with Crippen molar-refractivity contribution in [1.82, 2.24) is 0 Å². The van der Waals surface area contributed by atoms with Gasteiger partial charge in [0.25, 0.3) is 0 Å². The van der Waals surface area contributed by atoms with Crippen molar-refractivity contribution in [2.45, 2.75) is 78.8 Å². The fourth-order valence-corrected chi connectivity index (χ4v) is 3.72. The summed E-state index contributed by atoms with van der Waals surface area (Å²) < 4.78 is 81.9. The first kappa shape index (κ1) is 25.6. The summed E-state index contributed by atoms with van der Waals surface area (Å²) in [7, 11) is 0. The fraction of sp³-hybridized carbons (Fsp3) is 0.727. The molecule has 0 aliphatic rings. The average Bonchev–Trinajstić information content (AvgIpc) is 2.63. The van der Waals surface area contributed by atoms with Crippen molar-refractivity contribution >= 4 is 5.69 Å². The highest BCUT2D eigenvalue weighted by molar-refractivity contribution is 5.52. The van der Waals surface area contributed by atoms with Crippen molar-refractivity contribution in [3.63, 3.8) is 0 Å². The average molecular weight is 426 g/mol. The number of hydrogen-bond acceptors (Lipinski definition) is 1. The van der Waals surface area contributed by atoms with Crippen molar-refractivity contribution in [1.29, 1.82) is 0 Å². The molecule has 0 fully saturated rings. The van der Waals surface area contributed by atoms with Gasteiger partial charge in [-0.05, 0) is 24.7 Å². The van der Waals surface area contributed by atoms with Crippen LogP contribution in [0.5, 0.6) is 0 Å². The zero-order valence-electron chi connectivity index (χ0n) is 17.8. The van der Waals surface area contributed by atoms with E-state index in [0.29, 0.717) is 24.9 Å². The minimum atomic E-state index is -5.31. The molecule has 0 N–H and O–H groups in total. The second-order valence-corrected chi connectivity index (χ2v) is 7.92. The van der Waals surface area contributed by atoms with Crippen LogP contribution in [-0.4, -0.2) is 13.1 Å². The molecule has 0 saturated carbocycles. The van der Waals surface area contributed by atoms with Gasteiger partial charge in [-0.15, -0.1) is 0 Å². The standard InChI is InChI=1S/C22H33F6N/c1-5-8-10-16(7-3)11-12-29(14-15(4)9-6-2)18-13-17(23)20(24)19(21(18)25)22(26,27)28/h13,15-16H,5-12,14H2,1-4H3. The van der Waals surface area contributed by atoms with E-state index in [4.69, 9.17) is 0 Å². The first-order chi connectivity index (χ1) is 13.6. The predicted octanol–water partition coefficient (Wildman–Crippen LogP) is 7.97. The molecule has 168 valence electrons. The molecular weight excluding hydrogens is 392 g/mol. The smallest absolute Gasteiger partial charge is 0.369 e. The van der Waals surface area contributed by atoms with Gasteiger partial charge in [-0.25, -0.2) is 13.2 Å². The summed E-state index contributed by atoms with van der Waals surface area (Å²) in [5, 5.41) is 0. The molecule has 0 aromatic heterocycles. The third kappa shape index (κ3) is 7.41. The minimum Gasteiger partial charge on any atom is -0.369 e. The number of unbranched alkanes of at least 4 members (excludes halogenated alkanes) is 1. The van der Waals surface area contributed by atoms with Crippen LogP contribution >= 0.6 is 0 Å². The third-order valence-corrected chi connectivity index (χ3v) is 5.43. The summed E-state index contributed by atoms with van der Waals surface area (Å²) in [4.78, 5) is 1.46. The Morgan fingerprint density at radius 1 is 0.931 bits per heavy atom. The molecule has 2 atom stereocenters. The van der Waals surface area contributed by atoms with Gasteiger partial charge < -0.3 is 4.90 Å². The van der Waals surface area contributed by atoms with Crippen LogP contribution in [0.2, 0.25) is 0 Å². The van der Waals surface area contributed by atoms with E-state index < -0.39 is 34.9 Å². The number of halogens is 6. The minimum absolute atomic E-state index is 0.0811. The Morgan fingerprint density at radius 2 is 1.59 bits per heavy atom. The van der Waals surface area contributed by atoms with Crippen molar-refractivity contribution in [2.75, 3.05) is 18.0 Å². The van der Waals surface area contributed by atoms with E-state index in [-0.39, 0.29) is 12.5 Å². The van der Waals surface area contributed by atoms with E-state index in [1.54, 1.807) is 0 Å². The lowest BCUT2D eigenvalue weighted by Gasteiger charge is -2.31. The first-order valence-corrected chi connectivity index (χ1v) is 10.6. The Hall–Kier alpha value is -1.40. The Balaban J connectivity index is 3.26. The largest absolute Gasteiger partial charge is 0.422 e. The topological polar surface area (TPSA) is 3.24 Å². The molecule has 0 aliphatic carbocycles. The molecule has 0 bridgehead atoms. The van der Waals surface area contributed by atoms with Gasteiger partial charge in [0.15, 0.2) is 17.5 Å². The molecule has 0 amide bonds. The SMILES string of the molecule is CCCCC(CC)CCN(CC(C)CCC)c1cc(F)c(F)c(C(F)(F)F)c1F. The number of rotatable bonds is 12. The number of benzene rings is 1. The van der Waals surface area contributed by atoms with E-state index in [1.165, 1.54) is 4.90 Å². The van der Waals surface area contributed by atoms with Gasteiger partial charge in [-0.2, -0.15) is 13.2 Å². The fourth-order valence-electron chi connectivity index (χ4n) is 3.72. The van der Waals surface area contributed by atoms with Gasteiger partial charge >= 0.3 is 6.18 Å². The van der Waals surface area contributed by atoms with E-state index in [1.807, 2.05) is 20.8 Å². The van der Waals surface area contributed by atoms with Crippen LogP contribution in [0.1, 0.15) is 78.2 Å². The Morgan fingerprint density at radius 3 is 2.10 bits per heavy atom. The normalized spacial score (nSPS) is 14.1. The molecule has 0 radical (unpaired) electrons. The number of nitrogens with zero attached hydrogens (tertiary/aromatic N) is 1. The summed E-state index contributed by atoms with van der Waals surface area (Å²) in [6, 6.07) is 0.561. The molecule has 0 aliphatic heterocycles. The zero-order chi connectivity index (χ0) is 22.2. The van der Waals surface area contributed by atoms with Crippen molar-refractivity contribution < 1.29 is 26.3 Å². The molecule has 0 heterocycles. The van der Waals surface area contributed by atoms with Crippen LogP contribution in [-0.2, 0) is 6.18 Å². The molecule has 0 saturated heterocycles. The maximum atomic E-state index is 14.7. The summed E-state index contributed by atoms with van der Waals surface area (Å²) in [5.41, 5.74) is -2.66. The van der Waals surface area contributed by atoms with Crippen molar-refractivity contribution in [3.8, 4) is 0 Å². The van der Waals surface area contributed by atoms with Crippen LogP contribution in [0.3, 0.4) is 0 Å². The molecule has 1 nitrogen and oxygen atoms in total. The molecule has 7 heteroatoms. The lowest BCUT2D eigenvalue weighted by Crippen LogP contribution is -2.32. The van der Waals surface area contributed by atoms with Gasteiger partial charge in [-0.3, -0.25) is 0 Å². The first-order valence-electron chi connectivity index (χ1n) is 10.6. The third-order valence-electron chi connectivity index (χ3n) is 5.43. The second-order valence-electron chi connectivity index (χ2n) is 7.92. The molecule has 1 aromatic rings. The molecule has 1 rings (SSSR count). The summed E-state index contributed by atoms with van der Waals surface area (Å²) >= 11 is 0. The van der Waals surface area contributed by atoms with Crippen LogP contribution in [0.25, 0.3) is 0 Å². The zero-order valence-corrected chi connectivity index (χ0v) is 17.8. The predicted molar refractivity (Wildman–Crippen MR) is 106 cm³/mol. The highest BCUT2D eigenvalue weighted by atomic mass is 19.4. The summed E-state index contributed by atoms with van der Waals surface area (Å²) in [6.07, 6.45) is 1.01. The monoisotopic (exact) mass is 425 g/mol. The van der Waals surface area contributed by atoms with Crippen LogP contribution in [0.15, 0.2) is 6.07 Å². The van der Waals surface area contributed by atoms with E-state index in [9.17, 15) is 26.3 Å². The molecule has 2 unspecified atom stereocenters. The quantitative estimate of drug-likeness (QED) is 0.242. The van der Waals surface area contributed by atoms with Crippen LogP contribution < -0.4 is 4.90 Å². The van der Waals surface area contributed by atoms with E-state index in [0.717, 1.165) is 38.5 Å². The van der Waals surface area contributed by atoms with Crippen LogP contribution in [0.4, 0.5) is 32.0 Å². The van der Waals surface area contributed by atoms with Gasteiger partial charge in [-0.1, -0.05) is 59.8 Å². The molecule has 29 heavy (non-hydrogen) atoms. The van der Waals surface area contributed by atoms with Crippen molar-refractivity contribution in [2.24, 2.45) is 11.8 Å². The Labute approximate surface area is 170 Å². The van der Waals surface area contributed by atoms with Gasteiger partial charge in [0, 0.05) is 19.2 Å².